The second-order valence-electron chi connectivity index (χ2n) is 5.38. The van der Waals surface area contributed by atoms with E-state index in [1.807, 2.05) is 42.5 Å². The molecular weight excluding hydrogens is 306 g/mol. The van der Waals surface area contributed by atoms with Crippen molar-refractivity contribution in [3.8, 4) is 0 Å². The summed E-state index contributed by atoms with van der Waals surface area (Å²) in [5, 5.41) is 13.7. The molecule has 0 saturated carbocycles. The zero-order valence-electron chi connectivity index (χ0n) is 13.2. The number of hydrogen-bond acceptors (Lipinski definition) is 4. The van der Waals surface area contributed by atoms with Gasteiger partial charge in [0.1, 0.15) is 5.82 Å². The van der Waals surface area contributed by atoms with Crippen molar-refractivity contribution in [2.24, 2.45) is 0 Å². The number of rotatable bonds is 5. The van der Waals surface area contributed by atoms with Crippen LogP contribution in [0.4, 0.5) is 5.95 Å². The summed E-state index contributed by atoms with van der Waals surface area (Å²) in [4.78, 5) is 27.8. The number of aromatic amines is 1. The zero-order valence-corrected chi connectivity index (χ0v) is 13.2. The van der Waals surface area contributed by atoms with Crippen LogP contribution in [0.3, 0.4) is 0 Å². The highest BCUT2D eigenvalue weighted by molar-refractivity contribution is 5.94. The maximum atomic E-state index is 12.1. The van der Waals surface area contributed by atoms with Crippen LogP contribution in [0.2, 0.25) is 0 Å². The maximum absolute atomic E-state index is 12.1. The van der Waals surface area contributed by atoms with Gasteiger partial charge in [0.05, 0.1) is 13.0 Å². The molecule has 2 aromatic carbocycles. The number of carbonyl (C=O) groups excluding carboxylic acids is 2. The number of H-pyrrole nitrogens is 1. The Morgan fingerprint density at radius 2 is 1.88 bits per heavy atom. The van der Waals surface area contributed by atoms with Gasteiger partial charge in [-0.05, 0) is 23.3 Å². The van der Waals surface area contributed by atoms with E-state index < -0.39 is 0 Å². The Hall–Kier alpha value is -3.22. The summed E-state index contributed by atoms with van der Waals surface area (Å²) in [6.45, 7) is 1.60. The Bertz CT molecular complexity index is 882. The molecule has 1 heterocycles. The van der Waals surface area contributed by atoms with Crippen molar-refractivity contribution < 1.29 is 9.59 Å². The minimum absolute atomic E-state index is 0.128. The van der Waals surface area contributed by atoms with Crippen molar-refractivity contribution in [2.45, 2.75) is 13.3 Å². The Balaban J connectivity index is 1.56. The summed E-state index contributed by atoms with van der Waals surface area (Å²) >= 11 is 0. The lowest BCUT2D eigenvalue weighted by molar-refractivity contribution is -0.123. The summed E-state index contributed by atoms with van der Waals surface area (Å²) in [6, 6.07) is 13.7. The van der Waals surface area contributed by atoms with Crippen molar-refractivity contribution in [1.29, 1.82) is 0 Å². The van der Waals surface area contributed by atoms with Gasteiger partial charge in [-0.25, -0.2) is 0 Å². The molecule has 3 rings (SSSR count). The van der Waals surface area contributed by atoms with Crippen LogP contribution in [0.25, 0.3) is 10.8 Å². The Morgan fingerprint density at radius 3 is 2.67 bits per heavy atom. The number of nitrogens with zero attached hydrogens (tertiary/aromatic N) is 2. The predicted molar refractivity (Wildman–Crippen MR) is 90.4 cm³/mol. The van der Waals surface area contributed by atoms with Crippen LogP contribution in [0.15, 0.2) is 42.5 Å². The van der Waals surface area contributed by atoms with Crippen LogP contribution in [0, 0.1) is 6.92 Å². The van der Waals surface area contributed by atoms with E-state index in [2.05, 4.69) is 25.8 Å². The first-order valence-corrected chi connectivity index (χ1v) is 7.54. The fourth-order valence-electron chi connectivity index (χ4n) is 2.43. The van der Waals surface area contributed by atoms with E-state index in [0.717, 1.165) is 16.3 Å². The lowest BCUT2D eigenvalue weighted by Gasteiger charge is -2.07. The van der Waals surface area contributed by atoms with E-state index in [1.54, 1.807) is 6.92 Å². The summed E-state index contributed by atoms with van der Waals surface area (Å²) in [5.74, 6) is 0.207. The second-order valence-corrected chi connectivity index (χ2v) is 5.38. The van der Waals surface area contributed by atoms with Crippen molar-refractivity contribution in [2.75, 3.05) is 11.9 Å². The summed E-state index contributed by atoms with van der Waals surface area (Å²) in [7, 11) is 0. The first-order valence-electron chi connectivity index (χ1n) is 7.54. The molecule has 3 aromatic rings. The van der Waals surface area contributed by atoms with E-state index in [0.29, 0.717) is 5.82 Å². The lowest BCUT2D eigenvalue weighted by Crippen LogP contribution is -2.34. The topological polar surface area (TPSA) is 99.8 Å². The predicted octanol–water partition coefficient (Wildman–Crippen LogP) is 1.56. The first kappa shape index (κ1) is 15.7. The van der Waals surface area contributed by atoms with Crippen LogP contribution in [0.1, 0.15) is 11.4 Å². The molecule has 122 valence electrons. The highest BCUT2D eigenvalue weighted by atomic mass is 16.2. The number of benzene rings is 2. The smallest absolute Gasteiger partial charge is 0.248 e. The van der Waals surface area contributed by atoms with Gasteiger partial charge in [0.2, 0.25) is 17.8 Å². The van der Waals surface area contributed by atoms with Crippen molar-refractivity contribution >= 4 is 28.5 Å². The van der Waals surface area contributed by atoms with Crippen molar-refractivity contribution in [3.63, 3.8) is 0 Å². The third-order valence-corrected chi connectivity index (χ3v) is 3.53. The largest absolute Gasteiger partial charge is 0.347 e. The third kappa shape index (κ3) is 3.75. The van der Waals surface area contributed by atoms with Gasteiger partial charge in [0.25, 0.3) is 0 Å². The van der Waals surface area contributed by atoms with Crippen LogP contribution in [-0.2, 0) is 16.0 Å². The quantitative estimate of drug-likeness (QED) is 0.663. The van der Waals surface area contributed by atoms with Crippen molar-refractivity contribution in [1.82, 2.24) is 20.5 Å². The van der Waals surface area contributed by atoms with Crippen LogP contribution >= 0.6 is 0 Å². The third-order valence-electron chi connectivity index (χ3n) is 3.53. The molecule has 0 fully saturated rings. The molecular formula is C17H17N5O2. The fraction of sp³-hybridized carbons (Fsp3) is 0.176. The molecule has 3 N–H and O–H groups in total. The Kier molecular flexibility index (Phi) is 4.51. The monoisotopic (exact) mass is 323 g/mol. The molecule has 2 amide bonds. The fourth-order valence-corrected chi connectivity index (χ4v) is 2.43. The average Bonchev–Trinajstić information content (AvgIpc) is 2.98. The molecule has 0 saturated heterocycles. The molecule has 0 bridgehead atoms. The molecule has 0 spiro atoms. The number of hydrogen-bond donors (Lipinski definition) is 3. The van der Waals surface area contributed by atoms with Gasteiger partial charge in [-0.3, -0.25) is 20.0 Å². The Labute approximate surface area is 138 Å². The van der Waals surface area contributed by atoms with Crippen molar-refractivity contribution in [3.05, 3.63) is 53.9 Å². The molecule has 0 aliphatic heterocycles. The summed E-state index contributed by atoms with van der Waals surface area (Å²) in [5.41, 5.74) is 0.926. The highest BCUT2D eigenvalue weighted by Crippen LogP contribution is 2.18. The standard InChI is InChI=1S/C17H17N5O2/c1-11-19-17(22-21-11)20-16(24)10-18-15(23)9-13-7-4-6-12-5-2-3-8-14(12)13/h2-8H,9-10H2,1H3,(H,18,23)(H2,19,20,21,22,24). The second kappa shape index (κ2) is 6.91. The molecule has 0 atom stereocenters. The van der Waals surface area contributed by atoms with E-state index in [9.17, 15) is 9.59 Å². The number of anilines is 1. The van der Waals surface area contributed by atoms with Gasteiger partial charge in [0, 0.05) is 0 Å². The molecule has 0 aliphatic carbocycles. The van der Waals surface area contributed by atoms with Crippen LogP contribution < -0.4 is 10.6 Å². The SMILES string of the molecule is Cc1nc(NC(=O)CNC(=O)Cc2cccc3ccccc23)n[nH]1. The number of amides is 2. The van der Waals surface area contributed by atoms with Gasteiger partial charge in [0.15, 0.2) is 0 Å². The minimum Gasteiger partial charge on any atom is -0.347 e. The number of carbonyl (C=O) groups is 2. The van der Waals surface area contributed by atoms with E-state index in [1.165, 1.54) is 0 Å². The molecule has 24 heavy (non-hydrogen) atoms. The summed E-state index contributed by atoms with van der Waals surface area (Å²) in [6.07, 6.45) is 0.217. The summed E-state index contributed by atoms with van der Waals surface area (Å²) < 4.78 is 0. The molecule has 0 radical (unpaired) electrons. The van der Waals surface area contributed by atoms with Gasteiger partial charge < -0.3 is 5.32 Å². The van der Waals surface area contributed by atoms with E-state index in [-0.39, 0.29) is 30.7 Å². The minimum atomic E-state index is -0.375. The number of aromatic nitrogens is 3. The molecule has 1 aromatic heterocycles. The molecule has 0 unspecified atom stereocenters. The van der Waals surface area contributed by atoms with Gasteiger partial charge >= 0.3 is 0 Å². The van der Waals surface area contributed by atoms with E-state index in [4.69, 9.17) is 0 Å². The number of fused-ring (bicyclic) bond motifs is 1. The van der Waals surface area contributed by atoms with E-state index >= 15 is 0 Å². The van der Waals surface area contributed by atoms with Crippen LogP contribution in [0.5, 0.6) is 0 Å². The zero-order chi connectivity index (χ0) is 16.9. The van der Waals surface area contributed by atoms with Gasteiger partial charge in [-0.2, -0.15) is 4.98 Å². The number of aryl methyl sites for hydroxylation is 1. The highest BCUT2D eigenvalue weighted by Gasteiger charge is 2.10. The van der Waals surface area contributed by atoms with Crippen LogP contribution in [-0.4, -0.2) is 33.5 Å². The lowest BCUT2D eigenvalue weighted by atomic mass is 10.0. The molecule has 7 nitrogen and oxygen atoms in total. The maximum Gasteiger partial charge on any atom is 0.248 e. The number of nitrogens with one attached hydrogen (secondary N) is 3. The van der Waals surface area contributed by atoms with Gasteiger partial charge in [-0.15, -0.1) is 5.10 Å². The van der Waals surface area contributed by atoms with Gasteiger partial charge in [-0.1, -0.05) is 42.5 Å². The normalized spacial score (nSPS) is 10.5. The first-order chi connectivity index (χ1) is 11.6. The molecule has 7 heteroatoms. The Morgan fingerprint density at radius 1 is 1.08 bits per heavy atom. The average molecular weight is 323 g/mol. The molecule has 0 aliphatic rings.